The zero-order valence-electron chi connectivity index (χ0n) is 14.7. The number of likely N-dealkylation sites (N-methyl/N-ethyl adjacent to an activating group) is 1. The minimum absolute atomic E-state index is 0.852. The van der Waals surface area contributed by atoms with Gasteiger partial charge in [0.15, 0.2) is 13.1 Å². The first-order valence-corrected chi connectivity index (χ1v) is 8.68. The first-order chi connectivity index (χ1) is 12.2. The second-order valence-corrected chi connectivity index (χ2v) is 6.51. The first kappa shape index (κ1) is 15.9. The number of nitrogens with zero attached hydrogens (tertiary/aromatic N) is 2. The number of ether oxygens (including phenoxy) is 1. The molecule has 128 valence electrons. The predicted octanol–water partition coefficient (Wildman–Crippen LogP) is 2.83. The van der Waals surface area contributed by atoms with E-state index in [2.05, 4.69) is 40.8 Å². The fraction of sp³-hybridized carbons (Fsp3) is 0.286. The van der Waals surface area contributed by atoms with E-state index in [-0.39, 0.29) is 0 Å². The summed E-state index contributed by atoms with van der Waals surface area (Å²) in [7, 11) is 3.88. The van der Waals surface area contributed by atoms with Gasteiger partial charge in [0.2, 0.25) is 5.36 Å². The van der Waals surface area contributed by atoms with E-state index in [1.54, 1.807) is 7.11 Å². The Morgan fingerprint density at radius 1 is 1.00 bits per heavy atom. The zero-order chi connectivity index (χ0) is 17.2. The molecule has 1 aliphatic rings. The van der Waals surface area contributed by atoms with Gasteiger partial charge in [0.05, 0.1) is 31.7 Å². The summed E-state index contributed by atoms with van der Waals surface area (Å²) in [6.45, 7) is 4.17. The summed E-state index contributed by atoms with van der Waals surface area (Å²) in [5.41, 5.74) is 1.98. The van der Waals surface area contributed by atoms with Gasteiger partial charge in [-0.05, 0) is 25.2 Å². The Morgan fingerprint density at radius 3 is 2.48 bits per heavy atom. The molecule has 0 amide bonds. The molecule has 0 bridgehead atoms. The van der Waals surface area contributed by atoms with Gasteiger partial charge in [0, 0.05) is 5.56 Å². The van der Waals surface area contributed by atoms with Crippen LogP contribution in [-0.2, 0) is 0 Å². The highest BCUT2D eigenvalue weighted by Crippen LogP contribution is 2.24. The van der Waals surface area contributed by atoms with E-state index in [1.807, 2.05) is 30.3 Å². The van der Waals surface area contributed by atoms with Crippen LogP contribution in [0.4, 0.5) is 0 Å². The molecule has 0 aliphatic carbocycles. The van der Waals surface area contributed by atoms with Crippen LogP contribution in [0.2, 0.25) is 0 Å². The van der Waals surface area contributed by atoms with Crippen LogP contribution in [0.1, 0.15) is 0 Å². The molecule has 2 aromatic carbocycles. The molecule has 1 saturated heterocycles. The molecule has 25 heavy (non-hydrogen) atoms. The average Bonchev–Trinajstić information content (AvgIpc) is 2.68. The Kier molecular flexibility index (Phi) is 4.28. The summed E-state index contributed by atoms with van der Waals surface area (Å²) in [6, 6.07) is 18.5. The van der Waals surface area contributed by atoms with Crippen molar-refractivity contribution >= 4 is 11.0 Å². The lowest BCUT2D eigenvalue weighted by atomic mass is 10.1. The molecule has 0 unspecified atom stereocenters. The summed E-state index contributed by atoms with van der Waals surface area (Å²) in [6.07, 6.45) is 0. The zero-order valence-corrected chi connectivity index (χ0v) is 14.7. The summed E-state index contributed by atoms with van der Waals surface area (Å²) in [4.78, 5) is 2.37. The van der Waals surface area contributed by atoms with Crippen molar-refractivity contribution in [3.8, 4) is 17.1 Å². The van der Waals surface area contributed by atoms with E-state index < -0.39 is 0 Å². The molecular weight excluding hydrogens is 312 g/mol. The van der Waals surface area contributed by atoms with E-state index in [0.717, 1.165) is 54.2 Å². The van der Waals surface area contributed by atoms with Crippen LogP contribution in [0.3, 0.4) is 0 Å². The van der Waals surface area contributed by atoms with E-state index >= 15 is 0 Å². The largest absolute Gasteiger partial charge is 0.497 e. The molecule has 1 aromatic heterocycles. The van der Waals surface area contributed by atoms with Gasteiger partial charge in [-0.1, -0.05) is 30.3 Å². The van der Waals surface area contributed by atoms with Gasteiger partial charge in [-0.3, -0.25) is 4.90 Å². The van der Waals surface area contributed by atoms with E-state index in [9.17, 15) is 0 Å². The molecule has 4 heteroatoms. The monoisotopic (exact) mass is 335 g/mol. The number of benzene rings is 2. The summed E-state index contributed by atoms with van der Waals surface area (Å²) < 4.78 is 14.1. The lowest BCUT2D eigenvalue weighted by molar-refractivity contribution is 0.267. The molecule has 0 N–H and O–H groups in total. The summed E-state index contributed by atoms with van der Waals surface area (Å²) >= 11 is 0. The quantitative estimate of drug-likeness (QED) is 0.674. The third-order valence-corrected chi connectivity index (χ3v) is 4.85. The van der Waals surface area contributed by atoms with Gasteiger partial charge in [-0.2, -0.15) is 0 Å². The molecule has 4 nitrogen and oxygen atoms in total. The molecule has 2 heterocycles. The topological polar surface area (TPSA) is 28.6 Å². The van der Waals surface area contributed by atoms with Crippen LogP contribution in [-0.4, -0.2) is 45.2 Å². The fourth-order valence-electron chi connectivity index (χ4n) is 3.33. The van der Waals surface area contributed by atoms with E-state index in [0.29, 0.717) is 0 Å². The van der Waals surface area contributed by atoms with Crippen LogP contribution in [0.15, 0.2) is 59.0 Å². The third-order valence-electron chi connectivity index (χ3n) is 4.85. The van der Waals surface area contributed by atoms with Crippen molar-refractivity contribution in [2.75, 3.05) is 40.3 Å². The van der Waals surface area contributed by atoms with Crippen molar-refractivity contribution in [2.24, 2.45) is 0 Å². The second-order valence-electron chi connectivity index (χ2n) is 6.51. The van der Waals surface area contributed by atoms with E-state index in [4.69, 9.17) is 9.15 Å². The highest BCUT2D eigenvalue weighted by Gasteiger charge is 2.19. The Balaban J connectivity index is 1.98. The van der Waals surface area contributed by atoms with Crippen molar-refractivity contribution in [3.05, 3.63) is 60.0 Å². The highest BCUT2D eigenvalue weighted by molar-refractivity contribution is 5.80. The summed E-state index contributed by atoms with van der Waals surface area (Å²) in [5.74, 6) is 1.75. The smallest absolute Gasteiger partial charge is 0.215 e. The van der Waals surface area contributed by atoms with Gasteiger partial charge < -0.3 is 9.15 Å². The Bertz CT molecular complexity index is 951. The third kappa shape index (κ3) is 3.17. The fourth-order valence-corrected chi connectivity index (χ4v) is 3.33. The van der Waals surface area contributed by atoms with Crippen LogP contribution in [0.5, 0.6) is 5.75 Å². The van der Waals surface area contributed by atoms with Gasteiger partial charge >= 0.3 is 0 Å². The van der Waals surface area contributed by atoms with Gasteiger partial charge in [-0.15, -0.1) is 0 Å². The molecule has 0 saturated carbocycles. The van der Waals surface area contributed by atoms with E-state index in [1.165, 1.54) is 5.36 Å². The van der Waals surface area contributed by atoms with Crippen LogP contribution >= 0.6 is 0 Å². The number of methoxy groups -OCH3 is 1. The maximum atomic E-state index is 6.21. The molecule has 0 spiro atoms. The van der Waals surface area contributed by atoms with Crippen molar-refractivity contribution in [3.63, 3.8) is 0 Å². The highest BCUT2D eigenvalue weighted by atomic mass is 16.5. The minimum atomic E-state index is 0.852. The number of rotatable bonds is 2. The maximum Gasteiger partial charge on any atom is 0.215 e. The molecule has 3 aromatic rings. The normalized spacial score (nSPS) is 15.5. The van der Waals surface area contributed by atoms with Gasteiger partial charge in [-0.25, -0.2) is 4.58 Å². The number of hydrogen-bond acceptors (Lipinski definition) is 3. The first-order valence-electron chi connectivity index (χ1n) is 8.68. The van der Waals surface area contributed by atoms with Crippen LogP contribution < -0.4 is 14.7 Å². The Morgan fingerprint density at radius 2 is 1.76 bits per heavy atom. The van der Waals surface area contributed by atoms with Crippen molar-refractivity contribution in [1.82, 2.24) is 9.48 Å². The lowest BCUT2D eigenvalue weighted by Crippen LogP contribution is -2.46. The molecule has 0 atom stereocenters. The molecule has 4 rings (SSSR count). The van der Waals surface area contributed by atoms with Crippen molar-refractivity contribution < 1.29 is 9.15 Å². The molecular formula is C21H23N2O2+. The predicted molar refractivity (Wildman–Crippen MR) is 101 cm³/mol. The standard InChI is InChI=1S/C21H23N2O2/c1-22-10-12-23(13-11-22)19-15-21(16-6-4-3-5-7-16)25-20-9-8-17(24-2)14-18(19)20/h3-9,14-15H,10-13H2,1-2H3/q+1. The molecule has 1 aliphatic heterocycles. The van der Waals surface area contributed by atoms with Gasteiger partial charge in [0.25, 0.3) is 0 Å². The maximum absolute atomic E-state index is 6.21. The average molecular weight is 335 g/mol. The Labute approximate surface area is 147 Å². The Hall–Kier alpha value is -2.59. The van der Waals surface area contributed by atoms with Crippen molar-refractivity contribution in [1.29, 1.82) is 0 Å². The number of fused-ring (bicyclic) bond motifs is 1. The molecule has 1 fully saturated rings. The van der Waals surface area contributed by atoms with Crippen LogP contribution in [0, 0.1) is 0 Å². The van der Waals surface area contributed by atoms with Crippen molar-refractivity contribution in [2.45, 2.75) is 0 Å². The SMILES string of the molecule is COc1ccc2oc(-c3ccccc3)cc(=[N+]3CCN(C)CC3)c2c1. The number of piperazine rings is 1. The minimum Gasteiger partial charge on any atom is -0.497 e. The van der Waals surface area contributed by atoms with Crippen LogP contribution in [0.25, 0.3) is 22.3 Å². The summed E-state index contributed by atoms with van der Waals surface area (Å²) in [5, 5.41) is 2.32. The second kappa shape index (κ2) is 6.73. The molecule has 0 radical (unpaired) electrons. The lowest BCUT2D eigenvalue weighted by Gasteiger charge is -2.20. The van der Waals surface area contributed by atoms with Gasteiger partial charge in [0.1, 0.15) is 17.1 Å². The number of hydrogen-bond donors (Lipinski definition) is 0.